The van der Waals surface area contributed by atoms with Gasteiger partial charge in [-0.05, 0) is 25.1 Å². The zero-order chi connectivity index (χ0) is 11.5. The van der Waals surface area contributed by atoms with Crippen LogP contribution in [0.3, 0.4) is 0 Å². The minimum absolute atomic E-state index is 0.0807. The zero-order valence-electron chi connectivity index (χ0n) is 9.27. The lowest BCUT2D eigenvalue weighted by Gasteiger charge is -2.14. The largest absolute Gasteiger partial charge is 0.472 e. The van der Waals surface area contributed by atoms with E-state index in [9.17, 15) is 4.79 Å². The number of nitrogens with zero attached hydrogens (tertiary/aromatic N) is 1. The molecule has 0 aliphatic carbocycles. The number of carbonyl (C=O) groups excluding carboxylic acids is 1. The molecule has 0 spiro atoms. The Kier molecular flexibility index (Phi) is 2.81. The molecule has 4 nitrogen and oxygen atoms in total. The van der Waals surface area contributed by atoms with E-state index in [1.54, 1.807) is 18.0 Å². The van der Waals surface area contributed by atoms with Crippen LogP contribution in [0.4, 0.5) is 0 Å². The monoisotopic (exact) mass is 219 g/mol. The van der Waals surface area contributed by atoms with Crippen LogP contribution < -0.4 is 0 Å². The first-order valence-electron chi connectivity index (χ1n) is 5.00. The van der Waals surface area contributed by atoms with Crippen molar-refractivity contribution < 1.29 is 13.6 Å². The second kappa shape index (κ2) is 4.26. The quantitative estimate of drug-likeness (QED) is 0.796. The maximum absolute atomic E-state index is 11.8. The summed E-state index contributed by atoms with van der Waals surface area (Å²) in [4.78, 5) is 13.4. The van der Waals surface area contributed by atoms with E-state index in [1.165, 1.54) is 12.5 Å². The molecule has 0 atom stereocenters. The summed E-state index contributed by atoms with van der Waals surface area (Å²) >= 11 is 0. The van der Waals surface area contributed by atoms with Gasteiger partial charge < -0.3 is 13.7 Å². The molecule has 0 bridgehead atoms. The Labute approximate surface area is 93.5 Å². The molecule has 0 aliphatic heterocycles. The summed E-state index contributed by atoms with van der Waals surface area (Å²) in [6.07, 6.45) is 2.92. The summed E-state index contributed by atoms with van der Waals surface area (Å²) in [5.41, 5.74) is 0.547. The lowest BCUT2D eigenvalue weighted by atomic mass is 10.3. The highest BCUT2D eigenvalue weighted by Crippen LogP contribution is 2.11. The number of aryl methyl sites for hydroxylation is 1. The van der Waals surface area contributed by atoms with Crippen LogP contribution in [0.15, 0.2) is 39.6 Å². The lowest BCUT2D eigenvalue weighted by Crippen LogP contribution is -2.25. The van der Waals surface area contributed by atoms with Gasteiger partial charge in [0.05, 0.1) is 18.4 Å². The standard InChI is InChI=1S/C12H13NO3/c1-9-3-4-11(16-9)7-13(2)12(14)10-5-6-15-8-10/h3-6,8H,7H2,1-2H3. The van der Waals surface area contributed by atoms with Crippen LogP contribution in [0.1, 0.15) is 21.9 Å². The molecule has 16 heavy (non-hydrogen) atoms. The van der Waals surface area contributed by atoms with Crippen molar-refractivity contribution in [2.24, 2.45) is 0 Å². The molecule has 0 fully saturated rings. The molecule has 0 aromatic carbocycles. The fraction of sp³-hybridized carbons (Fsp3) is 0.250. The van der Waals surface area contributed by atoms with E-state index in [-0.39, 0.29) is 5.91 Å². The van der Waals surface area contributed by atoms with Gasteiger partial charge in [-0.2, -0.15) is 0 Å². The van der Waals surface area contributed by atoms with Crippen LogP contribution in [-0.4, -0.2) is 17.9 Å². The maximum Gasteiger partial charge on any atom is 0.257 e. The summed E-state index contributed by atoms with van der Waals surface area (Å²) in [6, 6.07) is 5.40. The first-order valence-corrected chi connectivity index (χ1v) is 5.00. The molecule has 0 radical (unpaired) electrons. The predicted molar refractivity (Wildman–Crippen MR) is 58.0 cm³/mol. The Morgan fingerprint density at radius 2 is 2.19 bits per heavy atom. The normalized spacial score (nSPS) is 10.4. The van der Waals surface area contributed by atoms with Gasteiger partial charge in [-0.15, -0.1) is 0 Å². The summed E-state index contributed by atoms with van der Waals surface area (Å²) < 4.78 is 10.3. The van der Waals surface area contributed by atoms with Crippen molar-refractivity contribution in [2.45, 2.75) is 13.5 Å². The summed E-state index contributed by atoms with van der Waals surface area (Å²) in [5, 5.41) is 0. The summed E-state index contributed by atoms with van der Waals surface area (Å²) in [7, 11) is 1.73. The van der Waals surface area contributed by atoms with Gasteiger partial charge in [0.15, 0.2) is 0 Å². The highest BCUT2D eigenvalue weighted by Gasteiger charge is 2.14. The Morgan fingerprint density at radius 3 is 2.75 bits per heavy atom. The molecule has 1 amide bonds. The Hall–Kier alpha value is -1.97. The minimum atomic E-state index is -0.0807. The number of amides is 1. The van der Waals surface area contributed by atoms with Gasteiger partial charge in [0.2, 0.25) is 0 Å². The molecule has 0 saturated carbocycles. The van der Waals surface area contributed by atoms with Crippen molar-refractivity contribution in [3.63, 3.8) is 0 Å². The fourth-order valence-corrected chi connectivity index (χ4v) is 1.48. The topological polar surface area (TPSA) is 46.6 Å². The molecular weight excluding hydrogens is 206 g/mol. The molecule has 0 saturated heterocycles. The van der Waals surface area contributed by atoms with E-state index >= 15 is 0 Å². The van der Waals surface area contributed by atoms with E-state index in [0.717, 1.165) is 11.5 Å². The molecule has 0 N–H and O–H groups in total. The molecule has 84 valence electrons. The van der Waals surface area contributed by atoms with Crippen LogP contribution in [-0.2, 0) is 6.54 Å². The summed E-state index contributed by atoms with van der Waals surface area (Å²) in [5.74, 6) is 1.54. The molecule has 4 heteroatoms. The molecule has 2 aromatic heterocycles. The van der Waals surface area contributed by atoms with Crippen molar-refractivity contribution in [2.75, 3.05) is 7.05 Å². The maximum atomic E-state index is 11.8. The Bertz CT molecular complexity index is 470. The van der Waals surface area contributed by atoms with Crippen molar-refractivity contribution in [3.8, 4) is 0 Å². The van der Waals surface area contributed by atoms with E-state index in [1.807, 2.05) is 19.1 Å². The van der Waals surface area contributed by atoms with E-state index in [0.29, 0.717) is 12.1 Å². The highest BCUT2D eigenvalue weighted by molar-refractivity contribution is 5.93. The van der Waals surface area contributed by atoms with Crippen molar-refractivity contribution in [3.05, 3.63) is 47.8 Å². The van der Waals surface area contributed by atoms with Gasteiger partial charge in [-0.3, -0.25) is 4.79 Å². The van der Waals surface area contributed by atoms with E-state index in [4.69, 9.17) is 8.83 Å². The average Bonchev–Trinajstić information content (AvgIpc) is 2.88. The third kappa shape index (κ3) is 2.16. The number of hydrogen-bond acceptors (Lipinski definition) is 3. The van der Waals surface area contributed by atoms with Crippen LogP contribution in [0.5, 0.6) is 0 Å². The van der Waals surface area contributed by atoms with Gasteiger partial charge in [-0.1, -0.05) is 0 Å². The number of hydrogen-bond donors (Lipinski definition) is 0. The zero-order valence-corrected chi connectivity index (χ0v) is 9.27. The average molecular weight is 219 g/mol. The minimum Gasteiger partial charge on any atom is -0.472 e. The van der Waals surface area contributed by atoms with Gasteiger partial charge in [-0.25, -0.2) is 0 Å². The molecule has 2 rings (SSSR count). The predicted octanol–water partition coefficient (Wildman–Crippen LogP) is 2.45. The van der Waals surface area contributed by atoms with Gasteiger partial charge in [0.25, 0.3) is 5.91 Å². The van der Waals surface area contributed by atoms with Gasteiger partial charge in [0, 0.05) is 7.05 Å². The SMILES string of the molecule is Cc1ccc(CN(C)C(=O)c2ccoc2)o1. The van der Waals surface area contributed by atoms with E-state index in [2.05, 4.69) is 0 Å². The first kappa shape index (κ1) is 10.5. The molecule has 2 aromatic rings. The number of furan rings is 2. The third-order valence-electron chi connectivity index (χ3n) is 2.30. The van der Waals surface area contributed by atoms with Crippen LogP contribution in [0.25, 0.3) is 0 Å². The van der Waals surface area contributed by atoms with Crippen molar-refractivity contribution in [1.29, 1.82) is 0 Å². The molecule has 2 heterocycles. The molecule has 0 unspecified atom stereocenters. The van der Waals surface area contributed by atoms with E-state index < -0.39 is 0 Å². The van der Waals surface area contributed by atoms with Crippen LogP contribution >= 0.6 is 0 Å². The Balaban J connectivity index is 2.03. The van der Waals surface area contributed by atoms with Gasteiger partial charge in [0.1, 0.15) is 17.8 Å². The molecular formula is C12H13NO3. The number of carbonyl (C=O) groups is 1. The number of rotatable bonds is 3. The van der Waals surface area contributed by atoms with Crippen molar-refractivity contribution in [1.82, 2.24) is 4.90 Å². The smallest absolute Gasteiger partial charge is 0.257 e. The first-order chi connectivity index (χ1) is 7.66. The van der Waals surface area contributed by atoms with Crippen LogP contribution in [0.2, 0.25) is 0 Å². The van der Waals surface area contributed by atoms with Crippen LogP contribution in [0, 0.1) is 6.92 Å². The second-order valence-electron chi connectivity index (χ2n) is 3.69. The third-order valence-corrected chi connectivity index (χ3v) is 2.30. The lowest BCUT2D eigenvalue weighted by molar-refractivity contribution is 0.0774. The second-order valence-corrected chi connectivity index (χ2v) is 3.69. The molecule has 0 aliphatic rings. The highest BCUT2D eigenvalue weighted by atomic mass is 16.3. The van der Waals surface area contributed by atoms with Crippen molar-refractivity contribution >= 4 is 5.91 Å². The Morgan fingerprint density at radius 1 is 1.38 bits per heavy atom. The van der Waals surface area contributed by atoms with Gasteiger partial charge >= 0.3 is 0 Å². The fourth-order valence-electron chi connectivity index (χ4n) is 1.48. The summed E-state index contributed by atoms with van der Waals surface area (Å²) in [6.45, 7) is 2.33.